The van der Waals surface area contributed by atoms with Crippen molar-refractivity contribution in [3.63, 3.8) is 0 Å². The number of ether oxygens (including phenoxy) is 1. The van der Waals surface area contributed by atoms with Gasteiger partial charge in [0.1, 0.15) is 12.2 Å². The van der Waals surface area contributed by atoms with E-state index in [-0.39, 0.29) is 12.2 Å². The molecule has 0 saturated carbocycles. The summed E-state index contributed by atoms with van der Waals surface area (Å²) in [6.07, 6.45) is -0.103. The fourth-order valence-corrected chi connectivity index (χ4v) is 0.415. The molecular formula is C6H11O3PS. The number of ketones is 1. The van der Waals surface area contributed by atoms with Gasteiger partial charge in [-0.2, -0.15) is 0 Å². The Balaban J connectivity index is 0. The number of carbonyl (C=O) groups excluding carboxylic acids is 2. The van der Waals surface area contributed by atoms with Crippen LogP contribution in [0.1, 0.15) is 20.3 Å². The van der Waals surface area contributed by atoms with E-state index >= 15 is 0 Å². The number of carbonyl (C=O) groups is 2. The average Bonchev–Trinajstić information content (AvgIpc) is 1.91. The Morgan fingerprint density at radius 3 is 2.18 bits per heavy atom. The number of esters is 1. The summed E-state index contributed by atoms with van der Waals surface area (Å²) in [4.78, 5) is 20.6. The van der Waals surface area contributed by atoms with E-state index in [1.807, 2.05) is 0 Å². The second kappa shape index (κ2) is 9.66. The Kier molecular flexibility index (Phi) is 11.6. The third-order valence-corrected chi connectivity index (χ3v) is 0.699. The molecule has 0 unspecified atom stereocenters. The first-order valence-electron chi connectivity index (χ1n) is 3.02. The van der Waals surface area contributed by atoms with Crippen molar-refractivity contribution in [3.8, 4) is 0 Å². The van der Waals surface area contributed by atoms with Crippen molar-refractivity contribution in [1.29, 1.82) is 0 Å². The zero-order valence-electron chi connectivity index (χ0n) is 6.55. The fourth-order valence-electron chi connectivity index (χ4n) is 0.415. The van der Waals surface area contributed by atoms with Crippen LogP contribution in [0.3, 0.4) is 0 Å². The molecule has 0 aromatic rings. The monoisotopic (exact) mass is 194 g/mol. The van der Waals surface area contributed by atoms with Crippen LogP contribution in [0.4, 0.5) is 0 Å². The molecule has 0 N–H and O–H groups in total. The van der Waals surface area contributed by atoms with E-state index in [0.717, 1.165) is 0 Å². The summed E-state index contributed by atoms with van der Waals surface area (Å²) in [7, 11) is 2.56. The third kappa shape index (κ3) is 12.8. The maximum absolute atomic E-state index is 10.4. The van der Waals surface area contributed by atoms with E-state index in [4.69, 9.17) is 0 Å². The van der Waals surface area contributed by atoms with Crippen molar-refractivity contribution in [3.05, 3.63) is 0 Å². The van der Waals surface area contributed by atoms with Gasteiger partial charge in [0.15, 0.2) is 0 Å². The van der Waals surface area contributed by atoms with E-state index in [9.17, 15) is 9.59 Å². The molecule has 11 heavy (non-hydrogen) atoms. The number of Topliss-reactive ketones (excluding diaryl/α,β-unsaturated/α-hetero) is 1. The molecule has 0 saturated heterocycles. The molecule has 0 heterocycles. The molecule has 0 atom stereocenters. The summed E-state index contributed by atoms with van der Waals surface area (Å²) in [5, 5.41) is 0. The molecule has 0 aromatic carbocycles. The van der Waals surface area contributed by atoms with Crippen molar-refractivity contribution in [2.24, 2.45) is 0 Å². The number of rotatable bonds is 3. The Morgan fingerprint density at radius 1 is 1.45 bits per heavy atom. The first-order valence-corrected chi connectivity index (χ1v) is 4.65. The van der Waals surface area contributed by atoms with Crippen LogP contribution in [0.15, 0.2) is 0 Å². The van der Waals surface area contributed by atoms with Gasteiger partial charge in [0.25, 0.3) is 0 Å². The quantitative estimate of drug-likeness (QED) is 0.383. The van der Waals surface area contributed by atoms with Gasteiger partial charge in [-0.25, -0.2) is 0 Å². The SMILES string of the molecule is CCOC(=O)CC(C)=O.P=S. The maximum atomic E-state index is 10.4. The van der Waals surface area contributed by atoms with Crippen molar-refractivity contribution in [2.75, 3.05) is 6.61 Å². The number of hydrogen-bond donors (Lipinski definition) is 0. The molecule has 0 fully saturated rings. The van der Waals surface area contributed by atoms with Crippen LogP contribution in [0, 0.1) is 0 Å². The van der Waals surface area contributed by atoms with Crippen LogP contribution in [-0.2, 0) is 26.1 Å². The van der Waals surface area contributed by atoms with Crippen LogP contribution in [0.2, 0.25) is 0 Å². The Bertz CT molecular complexity index is 138. The lowest BCUT2D eigenvalue weighted by molar-refractivity contribution is -0.145. The number of hydrogen-bond acceptors (Lipinski definition) is 4. The zero-order chi connectivity index (χ0) is 9.28. The van der Waals surface area contributed by atoms with E-state index in [1.165, 1.54) is 6.92 Å². The molecular weight excluding hydrogens is 183 g/mol. The van der Waals surface area contributed by atoms with Crippen molar-refractivity contribution in [1.82, 2.24) is 0 Å². The zero-order valence-corrected chi connectivity index (χ0v) is 8.36. The Morgan fingerprint density at radius 2 is 1.91 bits per heavy atom. The van der Waals surface area contributed by atoms with Gasteiger partial charge in [0, 0.05) is 0 Å². The largest absolute Gasteiger partial charge is 0.466 e. The molecule has 0 aliphatic heterocycles. The third-order valence-electron chi connectivity index (χ3n) is 0.699. The minimum absolute atomic E-state index is 0.103. The lowest BCUT2D eigenvalue weighted by Gasteiger charge is -1.96. The first kappa shape index (κ1) is 13.3. The summed E-state index contributed by atoms with van der Waals surface area (Å²) in [6, 6.07) is 0. The molecule has 5 heteroatoms. The molecule has 0 aliphatic rings. The summed E-state index contributed by atoms with van der Waals surface area (Å²) < 4.78 is 4.49. The van der Waals surface area contributed by atoms with Crippen LogP contribution in [0.5, 0.6) is 0 Å². The summed E-state index contributed by atoms with van der Waals surface area (Å²) >= 11 is 3.89. The maximum Gasteiger partial charge on any atom is 0.313 e. The lowest BCUT2D eigenvalue weighted by Crippen LogP contribution is -2.07. The normalized spacial score (nSPS) is 7.45. The summed E-state index contributed by atoms with van der Waals surface area (Å²) in [6.45, 7) is 3.40. The van der Waals surface area contributed by atoms with E-state index in [1.54, 1.807) is 6.92 Å². The van der Waals surface area contributed by atoms with Gasteiger partial charge in [0.2, 0.25) is 0 Å². The van der Waals surface area contributed by atoms with Gasteiger partial charge in [-0.15, -0.1) is 0 Å². The van der Waals surface area contributed by atoms with Gasteiger partial charge in [-0.3, -0.25) is 9.59 Å². The summed E-state index contributed by atoms with van der Waals surface area (Å²) in [5.74, 6) is -0.599. The highest BCUT2D eigenvalue weighted by Gasteiger charge is 2.03. The smallest absolute Gasteiger partial charge is 0.313 e. The molecule has 0 bridgehead atoms. The van der Waals surface area contributed by atoms with Crippen LogP contribution in [0.25, 0.3) is 0 Å². The molecule has 0 aromatic heterocycles. The van der Waals surface area contributed by atoms with Crippen LogP contribution < -0.4 is 0 Å². The molecule has 0 aliphatic carbocycles. The van der Waals surface area contributed by atoms with Gasteiger partial charge in [-0.1, -0.05) is 11.8 Å². The average molecular weight is 194 g/mol. The highest BCUT2D eigenvalue weighted by Crippen LogP contribution is 1.86. The highest BCUT2D eigenvalue weighted by atomic mass is 32.4. The Labute approximate surface area is 73.4 Å². The van der Waals surface area contributed by atoms with Crippen LogP contribution in [-0.4, -0.2) is 18.4 Å². The molecule has 3 nitrogen and oxygen atoms in total. The van der Waals surface area contributed by atoms with E-state index < -0.39 is 5.97 Å². The van der Waals surface area contributed by atoms with Crippen molar-refractivity contribution >= 4 is 31.6 Å². The second-order valence-corrected chi connectivity index (χ2v) is 1.68. The van der Waals surface area contributed by atoms with Gasteiger partial charge in [0.05, 0.1) is 6.61 Å². The molecule has 64 valence electrons. The van der Waals surface area contributed by atoms with Crippen molar-refractivity contribution in [2.45, 2.75) is 20.3 Å². The standard InChI is InChI=1S/C6H10O3.HPS/c1-3-9-6(8)4-5(2)7;1-2/h3-4H2,1-2H3;1H. The van der Waals surface area contributed by atoms with E-state index in [2.05, 4.69) is 24.6 Å². The topological polar surface area (TPSA) is 43.4 Å². The lowest BCUT2D eigenvalue weighted by atomic mass is 10.3. The molecule has 0 radical (unpaired) electrons. The van der Waals surface area contributed by atoms with Crippen LogP contribution >= 0.6 is 8.02 Å². The van der Waals surface area contributed by atoms with E-state index in [0.29, 0.717) is 6.61 Å². The van der Waals surface area contributed by atoms with Crippen molar-refractivity contribution < 1.29 is 14.3 Å². The minimum atomic E-state index is -0.440. The van der Waals surface area contributed by atoms with Gasteiger partial charge < -0.3 is 4.74 Å². The predicted molar refractivity (Wildman–Crippen MR) is 47.6 cm³/mol. The molecule has 0 amide bonds. The molecule has 0 rings (SSSR count). The first-order chi connectivity index (χ1) is 5.16. The minimum Gasteiger partial charge on any atom is -0.466 e. The second-order valence-electron chi connectivity index (χ2n) is 1.68. The predicted octanol–water partition coefficient (Wildman–Crippen LogP) is 1.12. The highest BCUT2D eigenvalue weighted by molar-refractivity contribution is 7.88. The van der Waals surface area contributed by atoms with Gasteiger partial charge in [-0.05, 0) is 21.9 Å². The fraction of sp³-hybridized carbons (Fsp3) is 0.667. The van der Waals surface area contributed by atoms with Gasteiger partial charge >= 0.3 is 5.97 Å². The summed E-state index contributed by atoms with van der Waals surface area (Å²) in [5.41, 5.74) is 0. The Hall–Kier alpha value is -0.340. The molecule has 0 spiro atoms.